The van der Waals surface area contributed by atoms with Crippen LogP contribution in [0.25, 0.3) is 11.0 Å². The lowest BCUT2D eigenvalue weighted by atomic mass is 9.97. The molecule has 1 N–H and O–H groups in total. The van der Waals surface area contributed by atoms with Gasteiger partial charge in [-0.1, -0.05) is 16.9 Å². The zero-order chi connectivity index (χ0) is 22.6. The molecule has 1 unspecified atom stereocenters. The summed E-state index contributed by atoms with van der Waals surface area (Å²) >= 11 is 0. The van der Waals surface area contributed by atoms with Gasteiger partial charge in [0.15, 0.2) is 0 Å². The molecule has 1 aliphatic carbocycles. The molecule has 2 aliphatic rings. The number of benzene rings is 1. The normalized spacial score (nSPS) is 19.9. The number of hydrogen-bond acceptors (Lipinski definition) is 6. The molecule has 1 amide bonds. The maximum absolute atomic E-state index is 13.4. The first-order valence-corrected chi connectivity index (χ1v) is 12.7. The molecule has 1 fully saturated rings. The molecule has 1 saturated heterocycles. The molecule has 0 bridgehead atoms. The summed E-state index contributed by atoms with van der Waals surface area (Å²) in [5.41, 5.74) is 2.64. The van der Waals surface area contributed by atoms with Gasteiger partial charge >= 0.3 is 0 Å². The average Bonchev–Trinajstić information content (AvgIpc) is 3.46. The van der Waals surface area contributed by atoms with Crippen molar-refractivity contribution in [2.75, 3.05) is 26.8 Å². The number of fused-ring (bicyclic) bond motifs is 1. The summed E-state index contributed by atoms with van der Waals surface area (Å²) in [5, 5.41) is 11.1. The summed E-state index contributed by atoms with van der Waals surface area (Å²) in [6.45, 7) is 1.90. The fourth-order valence-electron chi connectivity index (χ4n) is 4.48. The highest BCUT2D eigenvalue weighted by atomic mass is 32.2. The Morgan fingerprint density at radius 2 is 2.16 bits per heavy atom. The molecular formula is C22H31N5O4S. The number of rotatable bonds is 9. The SMILES string of the molecule is COCCn1nnc2cc(S(=O)(=O)N3CCCC3C(=O)NCCC3=CCCCC3)ccc21. The van der Waals surface area contributed by atoms with Gasteiger partial charge in [-0.2, -0.15) is 4.31 Å². The van der Waals surface area contributed by atoms with Crippen LogP contribution < -0.4 is 5.32 Å². The number of carbonyl (C=O) groups excluding carboxylic acids is 1. The van der Waals surface area contributed by atoms with E-state index in [-0.39, 0.29) is 10.8 Å². The highest BCUT2D eigenvalue weighted by Crippen LogP contribution is 2.28. The third kappa shape index (κ3) is 4.87. The molecule has 2 heterocycles. The van der Waals surface area contributed by atoms with E-state index in [1.165, 1.54) is 28.8 Å². The lowest BCUT2D eigenvalue weighted by Crippen LogP contribution is -2.46. The molecule has 10 heteroatoms. The highest BCUT2D eigenvalue weighted by molar-refractivity contribution is 7.89. The molecule has 1 atom stereocenters. The number of aromatic nitrogens is 3. The minimum Gasteiger partial charge on any atom is -0.383 e. The second kappa shape index (κ2) is 10.1. The van der Waals surface area contributed by atoms with Crippen molar-refractivity contribution in [3.8, 4) is 0 Å². The van der Waals surface area contributed by atoms with Gasteiger partial charge < -0.3 is 10.1 Å². The van der Waals surface area contributed by atoms with Crippen molar-refractivity contribution in [2.45, 2.75) is 62.4 Å². The molecule has 1 aromatic heterocycles. The predicted octanol–water partition coefficient (Wildman–Crippen LogP) is 2.24. The van der Waals surface area contributed by atoms with Gasteiger partial charge in [-0.25, -0.2) is 13.1 Å². The molecule has 9 nitrogen and oxygen atoms in total. The molecule has 0 radical (unpaired) electrons. The van der Waals surface area contributed by atoms with Crippen molar-refractivity contribution in [2.24, 2.45) is 0 Å². The molecule has 32 heavy (non-hydrogen) atoms. The van der Waals surface area contributed by atoms with E-state index < -0.39 is 16.1 Å². The van der Waals surface area contributed by atoms with Crippen LogP contribution in [0.4, 0.5) is 0 Å². The number of nitrogens with zero attached hydrogens (tertiary/aromatic N) is 4. The first-order chi connectivity index (χ1) is 15.5. The van der Waals surface area contributed by atoms with Crippen LogP contribution in [0.15, 0.2) is 34.7 Å². The average molecular weight is 462 g/mol. The van der Waals surface area contributed by atoms with E-state index in [4.69, 9.17) is 4.74 Å². The Hall–Kier alpha value is -2.30. The summed E-state index contributed by atoms with van der Waals surface area (Å²) in [5.74, 6) is -0.214. The van der Waals surface area contributed by atoms with Crippen LogP contribution in [-0.4, -0.2) is 66.5 Å². The molecule has 174 valence electrons. The Morgan fingerprint density at radius 1 is 1.28 bits per heavy atom. The van der Waals surface area contributed by atoms with Crippen molar-refractivity contribution >= 4 is 27.0 Å². The van der Waals surface area contributed by atoms with Crippen LogP contribution >= 0.6 is 0 Å². The van der Waals surface area contributed by atoms with Gasteiger partial charge in [0.1, 0.15) is 11.6 Å². The summed E-state index contributed by atoms with van der Waals surface area (Å²) in [7, 11) is -2.21. The van der Waals surface area contributed by atoms with Gasteiger partial charge in [0.25, 0.3) is 0 Å². The van der Waals surface area contributed by atoms with Gasteiger partial charge in [-0.15, -0.1) is 5.10 Å². The van der Waals surface area contributed by atoms with Crippen molar-refractivity contribution in [1.82, 2.24) is 24.6 Å². The van der Waals surface area contributed by atoms with Crippen LogP contribution in [0, 0.1) is 0 Å². The Bertz CT molecular complexity index is 1090. The Balaban J connectivity index is 1.45. The number of sulfonamides is 1. The Morgan fingerprint density at radius 3 is 2.94 bits per heavy atom. The number of allylic oxidation sites excluding steroid dienone is 1. The maximum atomic E-state index is 13.4. The number of hydrogen-bond donors (Lipinski definition) is 1. The number of amides is 1. The van der Waals surface area contributed by atoms with Gasteiger partial charge in [-0.05, 0) is 63.1 Å². The van der Waals surface area contributed by atoms with Crippen LogP contribution in [0.1, 0.15) is 44.9 Å². The van der Waals surface area contributed by atoms with E-state index >= 15 is 0 Å². The lowest BCUT2D eigenvalue weighted by Gasteiger charge is -2.23. The van der Waals surface area contributed by atoms with Crippen LogP contribution in [0.3, 0.4) is 0 Å². The van der Waals surface area contributed by atoms with Gasteiger partial charge in [0.2, 0.25) is 15.9 Å². The Labute approximate surface area is 188 Å². The maximum Gasteiger partial charge on any atom is 0.243 e. The number of carbonyl (C=O) groups is 1. The summed E-state index contributed by atoms with van der Waals surface area (Å²) in [4.78, 5) is 13.0. The number of methoxy groups -OCH3 is 1. The standard InChI is InChI=1S/C22H31N5O4S/c1-31-15-14-26-20-10-9-18(16-19(20)24-25-26)32(29,30)27-13-5-8-21(27)22(28)23-12-11-17-6-3-2-4-7-17/h6,9-10,16,21H,2-5,7-8,11-15H2,1H3,(H,23,28). The van der Waals surface area contributed by atoms with Gasteiger partial charge in [0.05, 0.1) is 23.6 Å². The molecule has 1 aromatic carbocycles. The highest BCUT2D eigenvalue weighted by Gasteiger charge is 2.39. The van der Waals surface area contributed by atoms with Gasteiger partial charge in [0, 0.05) is 20.2 Å². The van der Waals surface area contributed by atoms with E-state index in [2.05, 4.69) is 21.7 Å². The first-order valence-electron chi connectivity index (χ1n) is 11.3. The van der Waals surface area contributed by atoms with Crippen LogP contribution in [0.5, 0.6) is 0 Å². The smallest absolute Gasteiger partial charge is 0.243 e. The van der Waals surface area contributed by atoms with E-state index in [9.17, 15) is 13.2 Å². The molecular weight excluding hydrogens is 430 g/mol. The van der Waals surface area contributed by atoms with Crippen molar-refractivity contribution in [1.29, 1.82) is 0 Å². The largest absolute Gasteiger partial charge is 0.383 e. The van der Waals surface area contributed by atoms with E-state index in [1.807, 2.05) is 0 Å². The zero-order valence-electron chi connectivity index (χ0n) is 18.5. The third-order valence-corrected chi connectivity index (χ3v) is 8.14. The summed E-state index contributed by atoms with van der Waals surface area (Å²) in [6.07, 6.45) is 8.95. The van der Waals surface area contributed by atoms with Crippen molar-refractivity contribution in [3.05, 3.63) is 29.8 Å². The lowest BCUT2D eigenvalue weighted by molar-refractivity contribution is -0.124. The van der Waals surface area contributed by atoms with Crippen LogP contribution in [-0.2, 0) is 26.1 Å². The van der Waals surface area contributed by atoms with E-state index in [0.717, 1.165) is 24.8 Å². The topological polar surface area (TPSA) is 106 Å². The zero-order valence-corrected chi connectivity index (χ0v) is 19.3. The van der Waals surface area contributed by atoms with E-state index in [1.54, 1.807) is 23.9 Å². The summed E-state index contributed by atoms with van der Waals surface area (Å²) in [6, 6.07) is 4.13. The molecule has 0 spiro atoms. The predicted molar refractivity (Wildman–Crippen MR) is 120 cm³/mol. The van der Waals surface area contributed by atoms with E-state index in [0.29, 0.717) is 44.6 Å². The number of nitrogens with one attached hydrogen (secondary N) is 1. The minimum atomic E-state index is -3.82. The fourth-order valence-corrected chi connectivity index (χ4v) is 6.15. The molecule has 4 rings (SSSR count). The van der Waals surface area contributed by atoms with Crippen molar-refractivity contribution < 1.29 is 17.9 Å². The first kappa shape index (κ1) is 22.9. The minimum absolute atomic E-state index is 0.135. The second-order valence-corrected chi connectivity index (χ2v) is 10.3. The monoisotopic (exact) mass is 461 g/mol. The molecule has 2 aromatic rings. The second-order valence-electron chi connectivity index (χ2n) is 8.38. The Kier molecular flexibility index (Phi) is 7.22. The summed E-state index contributed by atoms with van der Waals surface area (Å²) < 4.78 is 34.8. The van der Waals surface area contributed by atoms with Gasteiger partial charge in [-0.3, -0.25) is 4.79 Å². The molecule has 0 saturated carbocycles. The third-order valence-electron chi connectivity index (χ3n) is 6.24. The van der Waals surface area contributed by atoms with Crippen LogP contribution in [0.2, 0.25) is 0 Å². The van der Waals surface area contributed by atoms with Crippen molar-refractivity contribution in [3.63, 3.8) is 0 Å². The number of ether oxygens (including phenoxy) is 1. The quantitative estimate of drug-likeness (QED) is 0.574. The molecule has 1 aliphatic heterocycles. The fraction of sp³-hybridized carbons (Fsp3) is 0.591.